The lowest BCUT2D eigenvalue weighted by Gasteiger charge is -2.09. The average Bonchev–Trinajstić information content (AvgIpc) is 3.13. The van der Waals surface area contributed by atoms with Crippen molar-refractivity contribution >= 4 is 57.5 Å². The summed E-state index contributed by atoms with van der Waals surface area (Å²) in [6.07, 6.45) is 0. The van der Waals surface area contributed by atoms with Crippen molar-refractivity contribution in [2.24, 2.45) is 0 Å². The van der Waals surface area contributed by atoms with Gasteiger partial charge in [0, 0.05) is 17.3 Å². The quantitative estimate of drug-likeness (QED) is 0.333. The molecule has 4 aromatic rings. The van der Waals surface area contributed by atoms with Crippen molar-refractivity contribution in [3.05, 3.63) is 75.2 Å². The monoisotopic (exact) mass is 460 g/mol. The predicted octanol–water partition coefficient (Wildman–Crippen LogP) is 6.78. The van der Waals surface area contributed by atoms with Crippen LogP contribution in [0.4, 0.5) is 5.69 Å². The Balaban J connectivity index is 1.45. The number of rotatable bonds is 5. The van der Waals surface area contributed by atoms with E-state index in [0.29, 0.717) is 27.7 Å². The van der Waals surface area contributed by atoms with Gasteiger partial charge in [-0.3, -0.25) is 4.79 Å². The number of carbonyl (C=O) groups is 1. The van der Waals surface area contributed by atoms with Crippen molar-refractivity contribution in [3.63, 3.8) is 0 Å². The number of hydrogen-bond donors (Lipinski definition) is 1. The highest BCUT2D eigenvalue weighted by atomic mass is 35.5. The molecule has 0 aliphatic carbocycles. The van der Waals surface area contributed by atoms with Crippen LogP contribution in [0.3, 0.4) is 0 Å². The Hall–Kier alpha value is -2.73. The molecule has 5 nitrogen and oxygen atoms in total. The Kier molecular flexibility index (Phi) is 5.86. The molecule has 1 heterocycles. The second kappa shape index (κ2) is 8.56. The summed E-state index contributed by atoms with van der Waals surface area (Å²) in [6.45, 7) is 1.77. The zero-order chi connectivity index (χ0) is 21.3. The van der Waals surface area contributed by atoms with E-state index >= 15 is 0 Å². The fourth-order valence-electron chi connectivity index (χ4n) is 2.78. The van der Waals surface area contributed by atoms with Crippen molar-refractivity contribution < 1.29 is 13.9 Å². The third-order valence-electron chi connectivity index (χ3n) is 4.30. The number of halogens is 3. The van der Waals surface area contributed by atoms with Gasteiger partial charge in [0.1, 0.15) is 11.3 Å². The molecular formula is C22H15Cl3N2O3. The Morgan fingerprint density at radius 2 is 1.73 bits per heavy atom. The topological polar surface area (TPSA) is 64.4 Å². The zero-order valence-corrected chi connectivity index (χ0v) is 18.0. The molecule has 30 heavy (non-hydrogen) atoms. The fourth-order valence-corrected chi connectivity index (χ4v) is 3.37. The Labute approximate surface area is 187 Å². The van der Waals surface area contributed by atoms with Gasteiger partial charge in [0.15, 0.2) is 12.2 Å². The van der Waals surface area contributed by atoms with Crippen LogP contribution in [-0.4, -0.2) is 17.5 Å². The number of oxazole rings is 1. The number of nitrogens with zero attached hydrogens (tertiary/aromatic N) is 1. The third-order valence-corrected chi connectivity index (χ3v) is 5.32. The number of anilines is 1. The van der Waals surface area contributed by atoms with Crippen LogP contribution in [0, 0.1) is 6.92 Å². The molecule has 1 aromatic heterocycles. The van der Waals surface area contributed by atoms with Crippen LogP contribution in [-0.2, 0) is 4.79 Å². The Morgan fingerprint density at radius 3 is 2.50 bits per heavy atom. The molecule has 0 fully saturated rings. The molecular weight excluding hydrogens is 447 g/mol. The normalized spacial score (nSPS) is 10.9. The molecule has 0 spiro atoms. The van der Waals surface area contributed by atoms with Crippen molar-refractivity contribution in [1.82, 2.24) is 4.98 Å². The third kappa shape index (κ3) is 4.54. The number of benzene rings is 3. The molecule has 3 aromatic carbocycles. The lowest BCUT2D eigenvalue weighted by atomic mass is 10.1. The van der Waals surface area contributed by atoms with Crippen molar-refractivity contribution in [2.75, 3.05) is 11.9 Å². The number of aryl methyl sites for hydroxylation is 1. The summed E-state index contributed by atoms with van der Waals surface area (Å²) in [5.41, 5.74) is 3.87. The molecule has 0 aliphatic rings. The maximum Gasteiger partial charge on any atom is 0.262 e. The summed E-state index contributed by atoms with van der Waals surface area (Å²) in [5, 5.41) is 3.63. The zero-order valence-electron chi connectivity index (χ0n) is 15.7. The summed E-state index contributed by atoms with van der Waals surface area (Å²) in [4.78, 5) is 16.8. The van der Waals surface area contributed by atoms with Gasteiger partial charge in [-0.1, -0.05) is 52.5 Å². The molecule has 0 unspecified atom stereocenters. The van der Waals surface area contributed by atoms with Crippen LogP contribution >= 0.6 is 34.8 Å². The van der Waals surface area contributed by atoms with Crippen LogP contribution in [0.25, 0.3) is 22.6 Å². The molecule has 0 atom stereocenters. The number of amides is 1. The highest BCUT2D eigenvalue weighted by Gasteiger charge is 2.12. The second-order valence-corrected chi connectivity index (χ2v) is 7.82. The van der Waals surface area contributed by atoms with Gasteiger partial charge < -0.3 is 14.5 Å². The minimum absolute atomic E-state index is 0.247. The van der Waals surface area contributed by atoms with Gasteiger partial charge in [0.25, 0.3) is 5.91 Å². The Bertz CT molecular complexity index is 1240. The SMILES string of the molecule is Cc1ccc(-c2nc3cc(NC(=O)COc4cc(Cl)c(Cl)cc4Cl)ccc3o2)cc1. The molecule has 0 aliphatic heterocycles. The first-order valence-electron chi connectivity index (χ1n) is 8.94. The number of aromatic nitrogens is 1. The van der Waals surface area contributed by atoms with E-state index in [2.05, 4.69) is 10.3 Å². The minimum atomic E-state index is -0.362. The first-order chi connectivity index (χ1) is 14.4. The largest absolute Gasteiger partial charge is 0.482 e. The maximum absolute atomic E-state index is 12.3. The maximum atomic E-state index is 12.3. The van der Waals surface area contributed by atoms with Crippen LogP contribution in [0.5, 0.6) is 5.75 Å². The van der Waals surface area contributed by atoms with Gasteiger partial charge in [-0.2, -0.15) is 0 Å². The van der Waals surface area contributed by atoms with Crippen LogP contribution in [0.15, 0.2) is 59.0 Å². The standard InChI is InChI=1S/C22H15Cl3N2O3/c1-12-2-4-13(5-3-12)22-27-18-8-14(6-7-19(18)30-22)26-21(28)11-29-20-10-16(24)15(23)9-17(20)25/h2-10H,11H2,1H3,(H,26,28). The highest BCUT2D eigenvalue weighted by molar-refractivity contribution is 6.43. The molecule has 0 saturated heterocycles. The van der Waals surface area contributed by atoms with Crippen molar-refractivity contribution in [1.29, 1.82) is 0 Å². The second-order valence-electron chi connectivity index (χ2n) is 6.60. The van der Waals surface area contributed by atoms with E-state index in [1.54, 1.807) is 18.2 Å². The molecule has 1 amide bonds. The van der Waals surface area contributed by atoms with E-state index in [1.165, 1.54) is 12.1 Å². The summed E-state index contributed by atoms with van der Waals surface area (Å²) < 4.78 is 11.3. The molecule has 1 N–H and O–H groups in total. The lowest BCUT2D eigenvalue weighted by molar-refractivity contribution is -0.118. The highest BCUT2D eigenvalue weighted by Crippen LogP contribution is 2.34. The molecule has 0 radical (unpaired) electrons. The predicted molar refractivity (Wildman–Crippen MR) is 120 cm³/mol. The molecule has 4 rings (SSSR count). The molecule has 152 valence electrons. The molecule has 0 saturated carbocycles. The van der Waals surface area contributed by atoms with Crippen LogP contribution < -0.4 is 10.1 Å². The first kappa shape index (κ1) is 20.5. The van der Waals surface area contributed by atoms with Gasteiger partial charge >= 0.3 is 0 Å². The summed E-state index contributed by atoms with van der Waals surface area (Å²) in [7, 11) is 0. The van der Waals surface area contributed by atoms with Crippen LogP contribution in [0.2, 0.25) is 15.1 Å². The van der Waals surface area contributed by atoms with Gasteiger partial charge in [0.2, 0.25) is 5.89 Å². The summed E-state index contributed by atoms with van der Waals surface area (Å²) in [5.74, 6) is 0.431. The molecule has 8 heteroatoms. The van der Waals surface area contributed by atoms with Gasteiger partial charge in [0.05, 0.1) is 15.1 Å². The van der Waals surface area contributed by atoms with Crippen molar-refractivity contribution in [3.8, 4) is 17.2 Å². The summed E-state index contributed by atoms with van der Waals surface area (Å²) in [6, 6.07) is 16.0. The van der Waals surface area contributed by atoms with E-state index < -0.39 is 0 Å². The molecule has 0 bridgehead atoms. The lowest BCUT2D eigenvalue weighted by Crippen LogP contribution is -2.20. The van der Waals surface area contributed by atoms with E-state index in [0.717, 1.165) is 11.1 Å². The van der Waals surface area contributed by atoms with E-state index in [4.69, 9.17) is 44.0 Å². The van der Waals surface area contributed by atoms with Crippen molar-refractivity contribution in [2.45, 2.75) is 6.92 Å². The van der Waals surface area contributed by atoms with Gasteiger partial charge in [-0.15, -0.1) is 0 Å². The number of fused-ring (bicyclic) bond motifs is 1. The number of nitrogens with one attached hydrogen (secondary N) is 1. The average molecular weight is 462 g/mol. The fraction of sp³-hybridized carbons (Fsp3) is 0.0909. The van der Waals surface area contributed by atoms with Gasteiger partial charge in [-0.05, 0) is 43.3 Å². The summed E-state index contributed by atoms with van der Waals surface area (Å²) >= 11 is 17.9. The van der Waals surface area contributed by atoms with E-state index in [-0.39, 0.29) is 28.3 Å². The van der Waals surface area contributed by atoms with Crippen LogP contribution in [0.1, 0.15) is 5.56 Å². The smallest absolute Gasteiger partial charge is 0.262 e. The first-order valence-corrected chi connectivity index (χ1v) is 10.1. The van der Waals surface area contributed by atoms with E-state index in [1.807, 2.05) is 31.2 Å². The minimum Gasteiger partial charge on any atom is -0.482 e. The number of carbonyl (C=O) groups excluding carboxylic acids is 1. The van der Waals surface area contributed by atoms with E-state index in [9.17, 15) is 4.79 Å². The number of hydrogen-bond acceptors (Lipinski definition) is 4. The number of ether oxygens (including phenoxy) is 1. The van der Waals surface area contributed by atoms with Gasteiger partial charge in [-0.25, -0.2) is 4.98 Å². The Morgan fingerprint density at radius 1 is 1.00 bits per heavy atom.